The van der Waals surface area contributed by atoms with E-state index in [-0.39, 0.29) is 24.2 Å². The van der Waals surface area contributed by atoms with Crippen LogP contribution in [0.25, 0.3) is 0 Å². The fourth-order valence-electron chi connectivity index (χ4n) is 5.35. The number of carbonyl (C=O) groups excluding carboxylic acids is 1. The zero-order chi connectivity index (χ0) is 25.9. The number of carbonyl (C=O) groups is 1. The molecule has 2 aromatic rings. The molecule has 37 heavy (non-hydrogen) atoms. The number of phenolic OH excluding ortho intramolecular Hbond substituents is 1. The molecule has 9 nitrogen and oxygen atoms in total. The zero-order valence-electron chi connectivity index (χ0n) is 21.9. The molecule has 2 aliphatic heterocycles. The van der Waals surface area contributed by atoms with E-state index in [4.69, 9.17) is 4.98 Å². The van der Waals surface area contributed by atoms with E-state index >= 15 is 0 Å². The number of rotatable bonds is 8. The Morgan fingerprint density at radius 1 is 1.14 bits per heavy atom. The summed E-state index contributed by atoms with van der Waals surface area (Å²) in [4.78, 5) is 22.8. The van der Waals surface area contributed by atoms with Crippen LogP contribution in [0.2, 0.25) is 0 Å². The molecule has 0 radical (unpaired) electrons. The van der Waals surface area contributed by atoms with Crippen molar-refractivity contribution in [2.45, 2.75) is 70.3 Å². The first kappa shape index (κ1) is 25.8. The minimum atomic E-state index is -0.733. The second-order valence-corrected chi connectivity index (χ2v) is 10.9. The number of benzene rings is 1. The molecule has 0 bridgehead atoms. The number of aliphatic hydroxyl groups excluding tert-OH is 1. The molecule has 0 spiro atoms. The third kappa shape index (κ3) is 6.17. The summed E-state index contributed by atoms with van der Waals surface area (Å²) in [5.41, 5.74) is 2.70. The van der Waals surface area contributed by atoms with Gasteiger partial charge in [0.05, 0.1) is 6.10 Å². The maximum absolute atomic E-state index is 13.2. The van der Waals surface area contributed by atoms with Gasteiger partial charge in [-0.3, -0.25) is 9.69 Å². The van der Waals surface area contributed by atoms with Gasteiger partial charge in [-0.05, 0) is 74.9 Å². The van der Waals surface area contributed by atoms with E-state index in [1.165, 1.54) is 6.42 Å². The van der Waals surface area contributed by atoms with Gasteiger partial charge in [0.1, 0.15) is 17.4 Å². The Morgan fingerprint density at radius 2 is 1.92 bits per heavy atom. The lowest BCUT2D eigenvalue weighted by Crippen LogP contribution is -2.49. The summed E-state index contributed by atoms with van der Waals surface area (Å²) >= 11 is 0. The van der Waals surface area contributed by atoms with Gasteiger partial charge in [0.15, 0.2) is 0 Å². The number of aromatic hydroxyl groups is 1. The fourth-order valence-corrected chi connectivity index (χ4v) is 5.35. The number of piperazine rings is 1. The summed E-state index contributed by atoms with van der Waals surface area (Å²) < 4.78 is 0. The number of fused-ring (bicyclic) bond motifs is 1. The number of phenols is 1. The van der Waals surface area contributed by atoms with Crippen LogP contribution in [0.3, 0.4) is 0 Å². The Hall–Kier alpha value is -2.88. The number of hydrogen-bond acceptors (Lipinski definition) is 8. The Morgan fingerprint density at radius 3 is 2.62 bits per heavy atom. The van der Waals surface area contributed by atoms with Crippen LogP contribution < -0.4 is 20.9 Å². The third-order valence-electron chi connectivity index (χ3n) is 8.02. The first-order valence-electron chi connectivity index (χ1n) is 13.6. The van der Waals surface area contributed by atoms with Crippen molar-refractivity contribution in [1.29, 1.82) is 0 Å². The predicted octanol–water partition coefficient (Wildman–Crippen LogP) is 2.09. The number of anilines is 2. The van der Waals surface area contributed by atoms with Crippen molar-refractivity contribution in [3.8, 4) is 5.75 Å². The lowest BCUT2D eigenvalue weighted by atomic mass is 9.92. The molecule has 2 atom stereocenters. The second kappa shape index (κ2) is 11.2. The number of aromatic nitrogens is 1. The van der Waals surface area contributed by atoms with Crippen molar-refractivity contribution < 1.29 is 15.0 Å². The summed E-state index contributed by atoms with van der Waals surface area (Å²) in [5.74, 6) is 1.61. The molecule has 3 heterocycles. The van der Waals surface area contributed by atoms with Gasteiger partial charge in [0.2, 0.25) is 0 Å². The van der Waals surface area contributed by atoms with Crippen LogP contribution in [0.4, 0.5) is 11.6 Å². The molecule has 1 saturated carbocycles. The fraction of sp³-hybridized carbons (Fsp3) is 0.571. The largest absolute Gasteiger partial charge is 0.508 e. The van der Waals surface area contributed by atoms with Crippen molar-refractivity contribution in [3.05, 3.63) is 47.0 Å². The van der Waals surface area contributed by atoms with Gasteiger partial charge in [0.25, 0.3) is 5.91 Å². The zero-order valence-corrected chi connectivity index (χ0v) is 21.9. The Labute approximate surface area is 219 Å². The lowest BCUT2D eigenvalue weighted by Gasteiger charge is -2.38. The molecule has 0 unspecified atom stereocenters. The molecule has 200 valence electrons. The highest BCUT2D eigenvalue weighted by molar-refractivity contribution is 5.95. The molecule has 1 aromatic heterocycles. The highest BCUT2D eigenvalue weighted by atomic mass is 16.3. The molecular formula is C28H40N6O3. The SMILES string of the molecule is CC(C)N1CCN(c2cc(C(=O)NC[C@@H](O)[C@@H]3Cc4ccc(O)cc4CN3)cc(NC3CCC3)n2)CC1. The molecule has 3 aliphatic rings. The van der Waals surface area contributed by atoms with Crippen LogP contribution in [-0.4, -0.2) is 83.0 Å². The van der Waals surface area contributed by atoms with Gasteiger partial charge in [-0.15, -0.1) is 0 Å². The lowest BCUT2D eigenvalue weighted by molar-refractivity contribution is 0.0870. The Kier molecular flexibility index (Phi) is 7.83. The Bertz CT molecular complexity index is 1100. The van der Waals surface area contributed by atoms with Crippen molar-refractivity contribution in [2.24, 2.45) is 0 Å². The van der Waals surface area contributed by atoms with Crippen LogP contribution in [0, 0.1) is 0 Å². The number of aliphatic hydroxyl groups is 1. The van der Waals surface area contributed by atoms with E-state index < -0.39 is 6.10 Å². The minimum Gasteiger partial charge on any atom is -0.508 e. The third-order valence-corrected chi connectivity index (χ3v) is 8.02. The number of nitrogens with one attached hydrogen (secondary N) is 3. The summed E-state index contributed by atoms with van der Waals surface area (Å²) in [6, 6.07) is 9.81. The summed E-state index contributed by atoms with van der Waals surface area (Å²) in [6.07, 6.45) is 3.39. The van der Waals surface area contributed by atoms with Gasteiger partial charge in [0, 0.05) is 63.0 Å². The highest BCUT2D eigenvalue weighted by Gasteiger charge is 2.26. The molecule has 5 N–H and O–H groups in total. The number of amides is 1. The van der Waals surface area contributed by atoms with E-state index in [0.29, 0.717) is 30.6 Å². The maximum Gasteiger partial charge on any atom is 0.251 e. The Balaban J connectivity index is 1.24. The minimum absolute atomic E-state index is 0.153. The van der Waals surface area contributed by atoms with E-state index in [1.54, 1.807) is 12.1 Å². The van der Waals surface area contributed by atoms with Crippen molar-refractivity contribution in [1.82, 2.24) is 20.5 Å². The smallest absolute Gasteiger partial charge is 0.251 e. The standard InChI is InChI=1S/C28H40N6O3/c1-18(2)33-8-10-34(11-9-33)27-15-20(14-26(32-27)31-22-4-3-5-22)28(37)30-17-25(36)24-13-19-6-7-23(35)12-21(19)16-29-24/h6-7,12,14-15,18,22,24-25,29,35-36H,3-5,8-11,13,16-17H2,1-2H3,(H,30,37)(H,31,32)/t24-,25+/m0/s1. The van der Waals surface area contributed by atoms with Crippen LogP contribution in [0.5, 0.6) is 5.75 Å². The highest BCUT2D eigenvalue weighted by Crippen LogP contribution is 2.26. The molecular weight excluding hydrogens is 468 g/mol. The maximum atomic E-state index is 13.2. The summed E-state index contributed by atoms with van der Waals surface area (Å²) in [6.45, 7) is 8.89. The molecule has 1 aromatic carbocycles. The van der Waals surface area contributed by atoms with Gasteiger partial charge in [-0.25, -0.2) is 4.98 Å². The molecule has 1 saturated heterocycles. The van der Waals surface area contributed by atoms with Gasteiger partial charge >= 0.3 is 0 Å². The van der Waals surface area contributed by atoms with E-state index in [0.717, 1.165) is 61.8 Å². The van der Waals surface area contributed by atoms with E-state index in [1.807, 2.05) is 18.2 Å². The van der Waals surface area contributed by atoms with Crippen molar-refractivity contribution in [3.63, 3.8) is 0 Å². The number of hydrogen-bond donors (Lipinski definition) is 5. The van der Waals surface area contributed by atoms with Crippen LogP contribution >= 0.6 is 0 Å². The molecule has 1 amide bonds. The quantitative estimate of drug-likeness (QED) is 0.369. The average molecular weight is 509 g/mol. The van der Waals surface area contributed by atoms with Crippen molar-refractivity contribution >= 4 is 17.5 Å². The van der Waals surface area contributed by atoms with E-state index in [9.17, 15) is 15.0 Å². The van der Waals surface area contributed by atoms with E-state index in [2.05, 4.69) is 39.6 Å². The average Bonchev–Trinajstić information content (AvgIpc) is 2.88. The molecule has 1 aliphatic carbocycles. The first-order valence-corrected chi connectivity index (χ1v) is 13.6. The topological polar surface area (TPSA) is 113 Å². The predicted molar refractivity (Wildman–Crippen MR) is 145 cm³/mol. The molecule has 2 fully saturated rings. The van der Waals surface area contributed by atoms with Gasteiger partial charge in [-0.2, -0.15) is 0 Å². The van der Waals surface area contributed by atoms with Gasteiger partial charge < -0.3 is 31.1 Å². The number of pyridine rings is 1. The van der Waals surface area contributed by atoms with Crippen molar-refractivity contribution in [2.75, 3.05) is 42.9 Å². The normalized spacial score (nSPS) is 21.3. The van der Waals surface area contributed by atoms with Crippen LogP contribution in [0.1, 0.15) is 54.6 Å². The van der Waals surface area contributed by atoms with Gasteiger partial charge in [-0.1, -0.05) is 6.07 Å². The number of nitrogens with zero attached hydrogens (tertiary/aromatic N) is 3. The monoisotopic (exact) mass is 508 g/mol. The summed E-state index contributed by atoms with van der Waals surface area (Å²) in [7, 11) is 0. The second-order valence-electron chi connectivity index (χ2n) is 10.9. The van der Waals surface area contributed by atoms with Crippen LogP contribution in [0.15, 0.2) is 30.3 Å². The summed E-state index contributed by atoms with van der Waals surface area (Å²) in [5, 5.41) is 30.3. The molecule has 5 rings (SSSR count). The first-order chi connectivity index (χ1) is 17.9. The molecule has 9 heteroatoms. The van der Waals surface area contributed by atoms with Crippen LogP contribution in [-0.2, 0) is 13.0 Å².